The van der Waals surface area contributed by atoms with Crippen molar-refractivity contribution >= 4 is 41.7 Å². The van der Waals surface area contributed by atoms with Gasteiger partial charge in [-0.05, 0) is 12.8 Å². The molecule has 1 atom stereocenters. The standard InChI is InChI=1S/C19H31N3O3S.HI/c1-6-15-13-22(9-10-26-15)19(20-2)21-8-7-16-17(24-4)11-14(23-3)12-18(16)25-5;/h11-12,15H,6-10,13H2,1-5H3,(H,20,21);1H. The number of nitrogens with one attached hydrogen (secondary N) is 1. The van der Waals surface area contributed by atoms with E-state index in [-0.39, 0.29) is 24.0 Å². The van der Waals surface area contributed by atoms with Crippen molar-refractivity contribution in [3.05, 3.63) is 17.7 Å². The number of nitrogens with zero attached hydrogens (tertiary/aromatic N) is 2. The van der Waals surface area contributed by atoms with Gasteiger partial charge in [-0.3, -0.25) is 4.99 Å². The maximum Gasteiger partial charge on any atom is 0.193 e. The number of ether oxygens (including phenoxy) is 3. The van der Waals surface area contributed by atoms with Gasteiger partial charge < -0.3 is 24.4 Å². The van der Waals surface area contributed by atoms with Crippen molar-refractivity contribution < 1.29 is 14.2 Å². The molecule has 8 heteroatoms. The first kappa shape index (κ1) is 24.0. The largest absolute Gasteiger partial charge is 0.496 e. The Hall–Kier alpha value is -1.03. The van der Waals surface area contributed by atoms with Crippen molar-refractivity contribution in [1.82, 2.24) is 10.2 Å². The van der Waals surface area contributed by atoms with E-state index in [0.29, 0.717) is 5.25 Å². The van der Waals surface area contributed by atoms with E-state index in [9.17, 15) is 0 Å². The third kappa shape index (κ3) is 6.51. The number of benzene rings is 1. The van der Waals surface area contributed by atoms with E-state index in [1.165, 1.54) is 6.42 Å². The Labute approximate surface area is 184 Å². The third-order valence-corrected chi connectivity index (χ3v) is 5.95. The number of rotatable bonds is 7. The zero-order valence-corrected chi connectivity index (χ0v) is 20.1. The summed E-state index contributed by atoms with van der Waals surface area (Å²) in [6.45, 7) is 5.10. The molecule has 154 valence electrons. The Balaban J connectivity index is 0.00000364. The Morgan fingerprint density at radius 1 is 1.22 bits per heavy atom. The molecule has 1 heterocycles. The summed E-state index contributed by atoms with van der Waals surface area (Å²) in [7, 11) is 6.82. The molecule has 1 fully saturated rings. The molecule has 6 nitrogen and oxygen atoms in total. The van der Waals surface area contributed by atoms with Crippen molar-refractivity contribution in [2.45, 2.75) is 25.0 Å². The molecule has 27 heavy (non-hydrogen) atoms. The van der Waals surface area contributed by atoms with Crippen LogP contribution in [0, 0.1) is 0 Å². The molecular weight excluding hydrogens is 477 g/mol. The molecule has 1 aromatic rings. The van der Waals surface area contributed by atoms with Gasteiger partial charge >= 0.3 is 0 Å². The fourth-order valence-corrected chi connectivity index (χ4v) is 4.29. The molecular formula is C19H32IN3O3S. The smallest absolute Gasteiger partial charge is 0.193 e. The van der Waals surface area contributed by atoms with Crippen LogP contribution in [0.25, 0.3) is 0 Å². The topological polar surface area (TPSA) is 55.3 Å². The maximum absolute atomic E-state index is 5.53. The van der Waals surface area contributed by atoms with Gasteiger partial charge in [0.05, 0.1) is 21.3 Å². The zero-order chi connectivity index (χ0) is 18.9. The summed E-state index contributed by atoms with van der Waals surface area (Å²) in [4.78, 5) is 6.82. The van der Waals surface area contributed by atoms with Crippen molar-refractivity contribution in [3.8, 4) is 17.2 Å². The van der Waals surface area contributed by atoms with Gasteiger partial charge in [-0.15, -0.1) is 24.0 Å². The van der Waals surface area contributed by atoms with Crippen LogP contribution in [0.5, 0.6) is 17.2 Å². The quantitative estimate of drug-likeness (QED) is 0.346. The average molecular weight is 509 g/mol. The number of aliphatic imine (C=N–C) groups is 1. The fraction of sp³-hybridized carbons (Fsp3) is 0.632. The Kier molecular flexibility index (Phi) is 11.1. The summed E-state index contributed by atoms with van der Waals surface area (Å²) in [6.07, 6.45) is 1.97. The summed E-state index contributed by atoms with van der Waals surface area (Å²) in [5, 5.41) is 4.17. The van der Waals surface area contributed by atoms with Gasteiger partial charge in [0.15, 0.2) is 5.96 Å². The highest BCUT2D eigenvalue weighted by molar-refractivity contribution is 14.0. The molecule has 1 N–H and O–H groups in total. The van der Waals surface area contributed by atoms with Gasteiger partial charge in [0.1, 0.15) is 17.2 Å². The first-order valence-corrected chi connectivity index (χ1v) is 10.1. The van der Waals surface area contributed by atoms with Gasteiger partial charge in [0.2, 0.25) is 0 Å². The summed E-state index contributed by atoms with van der Waals surface area (Å²) in [5.41, 5.74) is 1.03. The van der Waals surface area contributed by atoms with E-state index in [2.05, 4.69) is 33.9 Å². The van der Waals surface area contributed by atoms with Crippen LogP contribution >= 0.6 is 35.7 Å². The van der Waals surface area contributed by atoms with Crippen LogP contribution in [-0.4, -0.2) is 69.9 Å². The molecule has 0 spiro atoms. The lowest BCUT2D eigenvalue weighted by Gasteiger charge is -2.34. The minimum absolute atomic E-state index is 0. The van der Waals surface area contributed by atoms with E-state index in [1.807, 2.05) is 19.2 Å². The molecule has 0 aromatic heterocycles. The highest BCUT2D eigenvalue weighted by Crippen LogP contribution is 2.34. The second kappa shape index (κ2) is 12.4. The number of thioether (sulfide) groups is 1. The van der Waals surface area contributed by atoms with E-state index < -0.39 is 0 Å². The molecule has 1 saturated heterocycles. The molecule has 1 aliphatic heterocycles. The normalized spacial score (nSPS) is 17.1. The first-order chi connectivity index (χ1) is 12.7. The second-order valence-corrected chi connectivity index (χ2v) is 7.49. The molecule has 1 aromatic carbocycles. The Morgan fingerprint density at radius 2 is 1.89 bits per heavy atom. The van der Waals surface area contributed by atoms with Gasteiger partial charge in [-0.25, -0.2) is 0 Å². The predicted octanol–water partition coefficient (Wildman–Crippen LogP) is 3.28. The van der Waals surface area contributed by atoms with Crippen molar-refractivity contribution in [1.29, 1.82) is 0 Å². The molecule has 1 aliphatic rings. The number of halogens is 1. The predicted molar refractivity (Wildman–Crippen MR) is 125 cm³/mol. The molecule has 0 bridgehead atoms. The van der Waals surface area contributed by atoms with E-state index in [4.69, 9.17) is 14.2 Å². The molecule has 0 saturated carbocycles. The summed E-state index contributed by atoms with van der Waals surface area (Å²) >= 11 is 2.06. The molecule has 0 aliphatic carbocycles. The minimum Gasteiger partial charge on any atom is -0.496 e. The van der Waals surface area contributed by atoms with Crippen LogP contribution in [0.15, 0.2) is 17.1 Å². The lowest BCUT2D eigenvalue weighted by atomic mass is 10.1. The summed E-state index contributed by atoms with van der Waals surface area (Å²) < 4.78 is 16.4. The summed E-state index contributed by atoms with van der Waals surface area (Å²) in [5.74, 6) is 4.40. The monoisotopic (exact) mass is 509 g/mol. The van der Waals surface area contributed by atoms with Gasteiger partial charge in [-0.1, -0.05) is 6.92 Å². The van der Waals surface area contributed by atoms with E-state index in [0.717, 1.165) is 60.6 Å². The molecule has 2 rings (SSSR count). The van der Waals surface area contributed by atoms with Gasteiger partial charge in [0.25, 0.3) is 0 Å². The maximum atomic E-state index is 5.53. The van der Waals surface area contributed by atoms with Crippen molar-refractivity contribution in [2.24, 2.45) is 4.99 Å². The van der Waals surface area contributed by atoms with Crippen LogP contribution in [-0.2, 0) is 6.42 Å². The first-order valence-electron chi connectivity index (χ1n) is 9.02. The van der Waals surface area contributed by atoms with E-state index >= 15 is 0 Å². The molecule has 0 amide bonds. The number of hydrogen-bond donors (Lipinski definition) is 1. The van der Waals surface area contributed by atoms with Crippen molar-refractivity contribution in [2.75, 3.05) is 53.8 Å². The van der Waals surface area contributed by atoms with Crippen LogP contribution in [0.3, 0.4) is 0 Å². The molecule has 0 radical (unpaired) electrons. The van der Waals surface area contributed by atoms with Crippen LogP contribution in [0.2, 0.25) is 0 Å². The number of hydrogen-bond acceptors (Lipinski definition) is 5. The van der Waals surface area contributed by atoms with Crippen molar-refractivity contribution in [3.63, 3.8) is 0 Å². The SMILES string of the molecule is CCC1CN(C(=NC)NCCc2c(OC)cc(OC)cc2OC)CCS1.I. The minimum atomic E-state index is 0. The third-order valence-electron chi connectivity index (χ3n) is 4.58. The average Bonchev–Trinajstić information content (AvgIpc) is 2.70. The lowest BCUT2D eigenvalue weighted by molar-refractivity contribution is 0.368. The highest BCUT2D eigenvalue weighted by atomic mass is 127. The van der Waals surface area contributed by atoms with Crippen LogP contribution in [0.1, 0.15) is 18.9 Å². The Bertz CT molecular complexity index is 591. The number of guanidine groups is 1. The highest BCUT2D eigenvalue weighted by Gasteiger charge is 2.21. The van der Waals surface area contributed by atoms with Gasteiger partial charge in [-0.2, -0.15) is 11.8 Å². The Morgan fingerprint density at radius 3 is 2.41 bits per heavy atom. The second-order valence-electron chi connectivity index (χ2n) is 6.08. The van der Waals surface area contributed by atoms with Crippen LogP contribution < -0.4 is 19.5 Å². The lowest BCUT2D eigenvalue weighted by Crippen LogP contribution is -2.48. The fourth-order valence-electron chi connectivity index (χ4n) is 3.11. The molecule has 1 unspecified atom stereocenters. The van der Waals surface area contributed by atoms with Gasteiger partial charge in [0, 0.05) is 55.4 Å². The summed E-state index contributed by atoms with van der Waals surface area (Å²) in [6, 6.07) is 3.78. The number of methoxy groups -OCH3 is 3. The van der Waals surface area contributed by atoms with Crippen LogP contribution in [0.4, 0.5) is 0 Å². The zero-order valence-electron chi connectivity index (χ0n) is 16.9. The van der Waals surface area contributed by atoms with E-state index in [1.54, 1.807) is 21.3 Å².